The standard InChI is InChI=1S/C84H46N4O2S7/c1-43-14-22-48(23-15-43)83(49-24-16-44(2)17-25-49)62-37-59-63(36-58(62)77-73(83)79-69(95-77)38-67(93-79)65-32-31-53(92-65)35-61-72(64(42-87)88-5)55-11-7-9-13-57(55)76(61)90)84(50-26-18-45(3)19-27-50,51-28-20-46(4)21-29-51)74-78(59)97-82-80-70(96-81(74)82)39-68(94-80)66-33-30-52(91-66)34-60-71(47(40-85)41-86)54-10-6-8-12-56(54)75(60)89/h6-39H,1-4H3/b60-34-,61-35-,72-64+. The first-order chi connectivity index (χ1) is 47.3. The van der Waals surface area contributed by atoms with Crippen molar-refractivity contribution >= 4 is 142 Å². The summed E-state index contributed by atoms with van der Waals surface area (Å²) in [6.07, 6.45) is 3.70. The molecule has 0 atom stereocenters. The fourth-order valence-electron chi connectivity index (χ4n) is 15.3. The SMILES string of the molecule is [C-]#[N+]/C(C#N)=C1/C(=C/c2ccc(-c3cc4sc5c(c4s3)C(c3ccc(C)cc3)(c3ccc(C)cc3)c3cc4c(cc3-5)C(c3ccc(C)cc3)(c3ccc(C)cc3)c3c-4sc4c3sc3cc(-c5ccc(/C=C6\C(=O)c7ccccc7C6=C(C#N)C#N)s5)sc34)s2)C(=O)c2ccccc21. The van der Waals surface area contributed by atoms with E-state index < -0.39 is 10.8 Å². The molecule has 0 bridgehead atoms. The van der Waals surface area contributed by atoms with Crippen molar-refractivity contribution in [3.05, 3.63) is 327 Å². The molecule has 4 aliphatic rings. The lowest BCUT2D eigenvalue weighted by molar-refractivity contribution is 0.103. The Balaban J connectivity index is 0.837. The van der Waals surface area contributed by atoms with Crippen LogP contribution in [0.5, 0.6) is 0 Å². The number of ketones is 2. The summed E-state index contributed by atoms with van der Waals surface area (Å²) in [6.45, 7) is 16.5. The van der Waals surface area contributed by atoms with Crippen molar-refractivity contribution in [1.82, 2.24) is 0 Å². The van der Waals surface area contributed by atoms with E-state index in [-0.39, 0.29) is 22.8 Å². The third kappa shape index (κ3) is 8.45. The van der Waals surface area contributed by atoms with Crippen LogP contribution in [0.25, 0.3) is 96.7 Å². The Labute approximate surface area is 586 Å². The van der Waals surface area contributed by atoms with Gasteiger partial charge in [0.25, 0.3) is 5.70 Å². The van der Waals surface area contributed by atoms with Crippen molar-refractivity contribution in [3.8, 4) is 58.6 Å². The van der Waals surface area contributed by atoms with Gasteiger partial charge in [0.2, 0.25) is 0 Å². The van der Waals surface area contributed by atoms with Gasteiger partial charge in [-0.25, -0.2) is 10.1 Å². The molecule has 0 spiro atoms. The normalized spacial score (nSPS) is 15.7. The molecule has 4 aliphatic carbocycles. The van der Waals surface area contributed by atoms with Crippen LogP contribution in [0, 0.1) is 68.3 Å². The van der Waals surface area contributed by atoms with Crippen molar-refractivity contribution in [1.29, 1.82) is 15.8 Å². The van der Waals surface area contributed by atoms with Gasteiger partial charge in [0.15, 0.2) is 11.6 Å². The van der Waals surface area contributed by atoms with Crippen LogP contribution >= 0.6 is 79.4 Å². The second kappa shape index (κ2) is 22.0. The summed E-state index contributed by atoms with van der Waals surface area (Å²) in [4.78, 5) is 40.3. The number of benzene rings is 7. The number of fused-ring (bicyclic) bond motifs is 14. The van der Waals surface area contributed by atoms with Crippen LogP contribution in [0.4, 0.5) is 0 Å². The van der Waals surface area contributed by atoms with Gasteiger partial charge in [-0.1, -0.05) is 168 Å². The Hall–Kier alpha value is -10.5. The number of rotatable bonds is 8. The number of aryl methyl sites for hydroxylation is 4. The number of carbonyl (C=O) groups is 2. The fraction of sp³-hybridized carbons (Fsp3) is 0.0714. The van der Waals surface area contributed by atoms with E-state index in [1.807, 2.05) is 117 Å². The number of hydrogen-bond acceptors (Lipinski definition) is 12. The van der Waals surface area contributed by atoms with Crippen molar-refractivity contribution in [2.45, 2.75) is 38.5 Å². The van der Waals surface area contributed by atoms with Crippen LogP contribution in [-0.2, 0) is 10.8 Å². The van der Waals surface area contributed by atoms with E-state index in [1.165, 1.54) is 116 Å². The molecule has 0 saturated carbocycles. The average Bonchev–Trinajstić information content (AvgIpc) is 1.49. The molecular weight excluding hydrogens is 1320 g/mol. The molecule has 97 heavy (non-hydrogen) atoms. The van der Waals surface area contributed by atoms with Crippen LogP contribution in [0.15, 0.2) is 217 Å². The van der Waals surface area contributed by atoms with E-state index in [0.717, 1.165) is 29.3 Å². The maximum atomic E-state index is 14.1. The Morgan fingerprint density at radius 1 is 0.402 bits per heavy atom. The highest BCUT2D eigenvalue weighted by atomic mass is 32.1. The Morgan fingerprint density at radius 3 is 1.27 bits per heavy atom. The number of Topliss-reactive ketones (excluding diaryl/α,β-unsaturated/α-hetero) is 2. The lowest BCUT2D eigenvalue weighted by Gasteiger charge is -2.35. The highest BCUT2D eigenvalue weighted by Gasteiger charge is 2.55. The molecule has 0 fully saturated rings. The molecule has 14 aromatic rings. The minimum atomic E-state index is -0.742. The van der Waals surface area contributed by atoms with Crippen LogP contribution in [0.2, 0.25) is 0 Å². The predicted octanol–water partition coefficient (Wildman–Crippen LogP) is 23.4. The highest BCUT2D eigenvalue weighted by molar-refractivity contribution is 7.41. The van der Waals surface area contributed by atoms with Crippen LogP contribution in [-0.4, -0.2) is 11.6 Å². The van der Waals surface area contributed by atoms with Crippen LogP contribution in [0.3, 0.4) is 0 Å². The minimum Gasteiger partial charge on any atom is -0.289 e. The van der Waals surface area contributed by atoms with Gasteiger partial charge in [0, 0.05) is 93.0 Å². The van der Waals surface area contributed by atoms with Gasteiger partial charge in [-0.3, -0.25) is 9.59 Å². The van der Waals surface area contributed by atoms with Crippen LogP contribution in [0.1, 0.15) is 108 Å². The summed E-state index contributed by atoms with van der Waals surface area (Å²) in [7, 11) is 0. The van der Waals surface area contributed by atoms with Gasteiger partial charge in [-0.05, 0) is 144 Å². The van der Waals surface area contributed by atoms with Gasteiger partial charge < -0.3 is 0 Å². The van der Waals surface area contributed by atoms with Crippen molar-refractivity contribution in [3.63, 3.8) is 0 Å². The van der Waals surface area contributed by atoms with E-state index in [0.29, 0.717) is 44.5 Å². The third-order valence-electron chi connectivity index (χ3n) is 19.6. The summed E-state index contributed by atoms with van der Waals surface area (Å²) in [5, 5.41) is 30.2. The number of carbonyl (C=O) groups excluding carboxylic acids is 2. The molecule has 0 radical (unpaired) electrons. The molecule has 0 amide bonds. The molecule has 18 rings (SSSR count). The largest absolute Gasteiger partial charge is 0.289 e. The number of thiophene rings is 7. The third-order valence-corrected chi connectivity index (χ3v) is 28.5. The van der Waals surface area contributed by atoms with Gasteiger partial charge in [0.05, 0.1) is 42.3 Å². The molecule has 7 aromatic carbocycles. The van der Waals surface area contributed by atoms with Gasteiger partial charge in [-0.15, -0.1) is 79.4 Å². The predicted molar refractivity (Wildman–Crippen MR) is 403 cm³/mol. The summed E-state index contributed by atoms with van der Waals surface area (Å²) in [6, 6.07) is 75.8. The Kier molecular flexibility index (Phi) is 13.4. The summed E-state index contributed by atoms with van der Waals surface area (Å²) < 4.78 is 7.48. The first-order valence-electron chi connectivity index (χ1n) is 31.4. The van der Waals surface area contributed by atoms with Gasteiger partial charge in [0.1, 0.15) is 17.7 Å². The van der Waals surface area contributed by atoms with E-state index in [2.05, 4.69) is 184 Å². The first-order valence-corrected chi connectivity index (χ1v) is 37.1. The molecule has 7 aromatic heterocycles. The number of nitriles is 3. The molecule has 0 aliphatic heterocycles. The number of hydrogen-bond donors (Lipinski definition) is 0. The molecule has 6 nitrogen and oxygen atoms in total. The smallest absolute Gasteiger partial charge is 0.270 e. The van der Waals surface area contributed by atoms with Crippen molar-refractivity contribution in [2.24, 2.45) is 0 Å². The second-order valence-corrected chi connectivity index (χ2v) is 32.5. The van der Waals surface area contributed by atoms with Gasteiger partial charge >= 0.3 is 0 Å². The zero-order valence-electron chi connectivity index (χ0n) is 52.1. The molecule has 13 heteroatoms. The molecular formula is C84H46N4O2S7. The molecule has 0 saturated heterocycles. The Morgan fingerprint density at radius 2 is 0.814 bits per heavy atom. The van der Waals surface area contributed by atoms with E-state index in [4.69, 9.17) is 6.57 Å². The lowest BCUT2D eigenvalue weighted by Crippen LogP contribution is -2.30. The Bertz CT molecular complexity index is 6060. The number of allylic oxidation sites excluding steroid dienone is 6. The topological polar surface area (TPSA) is 110 Å². The highest BCUT2D eigenvalue weighted by Crippen LogP contribution is 2.69. The van der Waals surface area contributed by atoms with Crippen molar-refractivity contribution in [2.75, 3.05) is 0 Å². The zero-order chi connectivity index (χ0) is 65.9. The second-order valence-electron chi connectivity index (χ2n) is 25.1. The maximum absolute atomic E-state index is 14.1. The van der Waals surface area contributed by atoms with E-state index in [9.17, 15) is 25.4 Å². The maximum Gasteiger partial charge on any atom is 0.270 e. The molecule has 456 valence electrons. The zero-order valence-corrected chi connectivity index (χ0v) is 57.8. The first kappa shape index (κ1) is 59.0. The minimum absolute atomic E-state index is 0.0757. The summed E-state index contributed by atoms with van der Waals surface area (Å²) in [5.41, 5.74) is 19.3. The molecule has 7 heterocycles. The van der Waals surface area contributed by atoms with E-state index >= 15 is 0 Å². The summed E-state index contributed by atoms with van der Waals surface area (Å²) in [5.74, 6) is -0.376. The van der Waals surface area contributed by atoms with Gasteiger partial charge in [-0.2, -0.15) is 10.5 Å². The van der Waals surface area contributed by atoms with Crippen molar-refractivity contribution < 1.29 is 9.59 Å². The lowest BCUT2D eigenvalue weighted by atomic mass is 9.65. The summed E-state index contributed by atoms with van der Waals surface area (Å²) >= 11 is 12.5. The van der Waals surface area contributed by atoms with E-state index in [1.54, 1.807) is 34.8 Å². The quantitative estimate of drug-likeness (QED) is 0.0855. The molecule has 0 unspecified atom stereocenters. The monoisotopic (exact) mass is 1370 g/mol. The average molecular weight is 1370 g/mol. The molecule has 0 N–H and O–H groups in total. The fourth-order valence-corrected chi connectivity index (χ4v) is 24.5. The number of nitrogens with zero attached hydrogens (tertiary/aromatic N) is 4. The van der Waals surface area contributed by atoms with Crippen LogP contribution < -0.4 is 0 Å².